The average molecular weight is 362 g/mol. The Kier molecular flexibility index (Phi) is 9.30. The second-order valence-electron chi connectivity index (χ2n) is 5.37. The molecule has 0 atom stereocenters. The standard InChI is InChI=1S/C17H25F3N2O3/c1-3-22(4-2)9-10-25-15-8-6-5-7-14(15)11-21-16(23)12-24-13-17(18,19)20/h5-8H,3-4,9-13H2,1-2H3,(H,21,23). The first-order chi connectivity index (χ1) is 11.9. The van der Waals surface area contributed by atoms with Crippen LogP contribution in [0.1, 0.15) is 19.4 Å². The molecule has 0 saturated carbocycles. The first-order valence-corrected chi connectivity index (χ1v) is 8.20. The summed E-state index contributed by atoms with van der Waals surface area (Å²) in [6.07, 6.45) is -4.44. The maximum Gasteiger partial charge on any atom is 0.411 e. The van der Waals surface area contributed by atoms with E-state index in [0.29, 0.717) is 12.4 Å². The zero-order valence-electron chi connectivity index (χ0n) is 14.6. The number of nitrogens with zero attached hydrogens (tertiary/aromatic N) is 1. The van der Waals surface area contributed by atoms with Gasteiger partial charge in [-0.15, -0.1) is 0 Å². The van der Waals surface area contributed by atoms with Crippen LogP contribution < -0.4 is 10.1 Å². The van der Waals surface area contributed by atoms with Crippen molar-refractivity contribution in [3.63, 3.8) is 0 Å². The SMILES string of the molecule is CCN(CC)CCOc1ccccc1CNC(=O)COCC(F)(F)F. The molecule has 1 N–H and O–H groups in total. The van der Waals surface area contributed by atoms with Gasteiger partial charge in [0.2, 0.25) is 5.91 Å². The summed E-state index contributed by atoms with van der Waals surface area (Å²) < 4.78 is 46.0. The molecule has 1 aromatic rings. The Morgan fingerprint density at radius 1 is 1.20 bits per heavy atom. The van der Waals surface area contributed by atoms with Gasteiger partial charge in [0, 0.05) is 18.7 Å². The van der Waals surface area contributed by atoms with E-state index in [2.05, 4.69) is 28.8 Å². The van der Waals surface area contributed by atoms with Crippen molar-refractivity contribution in [1.29, 1.82) is 0 Å². The molecule has 0 saturated heterocycles. The summed E-state index contributed by atoms with van der Waals surface area (Å²) in [4.78, 5) is 13.8. The number of carbonyl (C=O) groups is 1. The number of benzene rings is 1. The molecule has 0 spiro atoms. The zero-order valence-corrected chi connectivity index (χ0v) is 14.6. The van der Waals surface area contributed by atoms with Gasteiger partial charge in [-0.1, -0.05) is 32.0 Å². The predicted octanol–water partition coefficient (Wildman–Crippen LogP) is 2.60. The molecule has 1 amide bonds. The third-order valence-electron chi connectivity index (χ3n) is 3.51. The van der Waals surface area contributed by atoms with Crippen LogP contribution in [0.5, 0.6) is 5.75 Å². The van der Waals surface area contributed by atoms with E-state index in [1.54, 1.807) is 18.2 Å². The molecule has 25 heavy (non-hydrogen) atoms. The van der Waals surface area contributed by atoms with Crippen LogP contribution in [0.25, 0.3) is 0 Å². The highest BCUT2D eigenvalue weighted by molar-refractivity contribution is 5.77. The molecule has 142 valence electrons. The van der Waals surface area contributed by atoms with Gasteiger partial charge in [-0.2, -0.15) is 13.2 Å². The van der Waals surface area contributed by atoms with Crippen molar-refractivity contribution in [3.8, 4) is 5.75 Å². The van der Waals surface area contributed by atoms with E-state index in [4.69, 9.17) is 4.74 Å². The van der Waals surface area contributed by atoms with E-state index in [9.17, 15) is 18.0 Å². The minimum atomic E-state index is -4.44. The first-order valence-electron chi connectivity index (χ1n) is 8.20. The van der Waals surface area contributed by atoms with Crippen LogP contribution in [0.4, 0.5) is 13.2 Å². The van der Waals surface area contributed by atoms with E-state index in [0.717, 1.165) is 25.2 Å². The summed E-state index contributed by atoms with van der Waals surface area (Å²) in [6.45, 7) is 5.43. The third-order valence-corrected chi connectivity index (χ3v) is 3.51. The quantitative estimate of drug-likeness (QED) is 0.657. The lowest BCUT2D eigenvalue weighted by molar-refractivity contribution is -0.175. The Hall–Kier alpha value is -1.80. The maximum atomic E-state index is 12.0. The van der Waals surface area contributed by atoms with Gasteiger partial charge < -0.3 is 19.7 Å². The van der Waals surface area contributed by atoms with Gasteiger partial charge in [0.05, 0.1) is 0 Å². The average Bonchev–Trinajstić information content (AvgIpc) is 2.56. The molecule has 0 radical (unpaired) electrons. The number of likely N-dealkylation sites (N-methyl/N-ethyl adjacent to an activating group) is 1. The minimum absolute atomic E-state index is 0.162. The first kappa shape index (κ1) is 21.2. The Labute approximate surface area is 146 Å². The van der Waals surface area contributed by atoms with Gasteiger partial charge >= 0.3 is 6.18 Å². The number of alkyl halides is 3. The highest BCUT2D eigenvalue weighted by Gasteiger charge is 2.27. The summed E-state index contributed by atoms with van der Waals surface area (Å²) in [6, 6.07) is 7.22. The molecule has 0 bridgehead atoms. The van der Waals surface area contributed by atoms with E-state index in [1.807, 2.05) is 6.07 Å². The smallest absolute Gasteiger partial charge is 0.411 e. The van der Waals surface area contributed by atoms with Gasteiger partial charge in [-0.05, 0) is 19.2 Å². The van der Waals surface area contributed by atoms with E-state index in [1.165, 1.54) is 0 Å². The van der Waals surface area contributed by atoms with Crippen molar-refractivity contribution < 1.29 is 27.4 Å². The molecule has 0 fully saturated rings. The Morgan fingerprint density at radius 3 is 2.52 bits per heavy atom. The number of carbonyl (C=O) groups excluding carboxylic acids is 1. The van der Waals surface area contributed by atoms with Gasteiger partial charge in [-0.25, -0.2) is 0 Å². The Morgan fingerprint density at radius 2 is 1.88 bits per heavy atom. The zero-order chi connectivity index (χ0) is 18.7. The molecular weight excluding hydrogens is 337 g/mol. The van der Waals surface area contributed by atoms with Crippen LogP contribution in [0.2, 0.25) is 0 Å². The molecule has 0 unspecified atom stereocenters. The normalized spacial score (nSPS) is 11.6. The largest absolute Gasteiger partial charge is 0.492 e. The lowest BCUT2D eigenvalue weighted by Crippen LogP contribution is -2.30. The van der Waals surface area contributed by atoms with E-state index >= 15 is 0 Å². The van der Waals surface area contributed by atoms with Gasteiger partial charge in [-0.3, -0.25) is 4.79 Å². The van der Waals surface area contributed by atoms with Crippen molar-refractivity contribution in [3.05, 3.63) is 29.8 Å². The molecule has 1 aromatic carbocycles. The summed E-state index contributed by atoms with van der Waals surface area (Å²) in [7, 11) is 0. The maximum absolute atomic E-state index is 12.0. The summed E-state index contributed by atoms with van der Waals surface area (Å²) in [5.74, 6) is 0.0355. The molecule has 0 aromatic heterocycles. The highest BCUT2D eigenvalue weighted by atomic mass is 19.4. The second-order valence-corrected chi connectivity index (χ2v) is 5.37. The monoisotopic (exact) mass is 362 g/mol. The van der Waals surface area contributed by atoms with Crippen LogP contribution in [0, 0.1) is 0 Å². The summed E-state index contributed by atoms with van der Waals surface area (Å²) in [5, 5.41) is 2.53. The fourth-order valence-corrected chi connectivity index (χ4v) is 2.12. The number of halogens is 3. The van der Waals surface area contributed by atoms with E-state index < -0.39 is 25.3 Å². The van der Waals surface area contributed by atoms with Crippen LogP contribution >= 0.6 is 0 Å². The van der Waals surface area contributed by atoms with Crippen LogP contribution in [-0.2, 0) is 16.1 Å². The number of ether oxygens (including phenoxy) is 2. The van der Waals surface area contributed by atoms with Crippen LogP contribution in [0.15, 0.2) is 24.3 Å². The highest BCUT2D eigenvalue weighted by Crippen LogP contribution is 2.18. The number of nitrogens with one attached hydrogen (secondary N) is 1. The fourth-order valence-electron chi connectivity index (χ4n) is 2.12. The van der Waals surface area contributed by atoms with Gasteiger partial charge in [0.15, 0.2) is 0 Å². The number of hydrogen-bond acceptors (Lipinski definition) is 4. The fraction of sp³-hybridized carbons (Fsp3) is 0.588. The lowest BCUT2D eigenvalue weighted by atomic mass is 10.2. The van der Waals surface area contributed by atoms with E-state index in [-0.39, 0.29) is 6.54 Å². The van der Waals surface area contributed by atoms with Crippen molar-refractivity contribution in [2.45, 2.75) is 26.6 Å². The van der Waals surface area contributed by atoms with Crippen molar-refractivity contribution in [1.82, 2.24) is 10.2 Å². The minimum Gasteiger partial charge on any atom is -0.492 e. The lowest BCUT2D eigenvalue weighted by Gasteiger charge is -2.19. The topological polar surface area (TPSA) is 50.8 Å². The van der Waals surface area contributed by atoms with Crippen molar-refractivity contribution >= 4 is 5.91 Å². The molecular formula is C17H25F3N2O3. The van der Waals surface area contributed by atoms with Crippen molar-refractivity contribution in [2.75, 3.05) is 39.5 Å². The molecule has 0 aliphatic rings. The number of amides is 1. The van der Waals surface area contributed by atoms with Gasteiger partial charge in [0.25, 0.3) is 0 Å². The molecule has 8 heteroatoms. The predicted molar refractivity (Wildman–Crippen MR) is 88.4 cm³/mol. The molecule has 0 aliphatic heterocycles. The van der Waals surface area contributed by atoms with Crippen LogP contribution in [0.3, 0.4) is 0 Å². The third kappa shape index (κ3) is 9.31. The summed E-state index contributed by atoms with van der Waals surface area (Å²) >= 11 is 0. The second kappa shape index (κ2) is 10.9. The van der Waals surface area contributed by atoms with Crippen molar-refractivity contribution in [2.24, 2.45) is 0 Å². The van der Waals surface area contributed by atoms with Crippen LogP contribution in [-0.4, -0.2) is 56.4 Å². The molecule has 5 nitrogen and oxygen atoms in total. The number of hydrogen-bond donors (Lipinski definition) is 1. The Balaban J connectivity index is 2.41. The Bertz CT molecular complexity index is 520. The number of rotatable bonds is 11. The van der Waals surface area contributed by atoms with Gasteiger partial charge in [0.1, 0.15) is 25.6 Å². The number of para-hydroxylation sites is 1. The molecule has 0 aliphatic carbocycles. The summed E-state index contributed by atoms with van der Waals surface area (Å²) in [5.41, 5.74) is 0.756. The molecule has 1 rings (SSSR count). The molecule has 0 heterocycles.